The number of aromatic amines is 1. The van der Waals surface area contributed by atoms with Gasteiger partial charge in [0.15, 0.2) is 0 Å². The van der Waals surface area contributed by atoms with Crippen LogP contribution in [-0.2, 0) is 10.0 Å². The van der Waals surface area contributed by atoms with Crippen LogP contribution in [0.5, 0.6) is 0 Å². The average molecular weight is 296 g/mol. The summed E-state index contributed by atoms with van der Waals surface area (Å²) in [5.41, 5.74) is -0.521. The van der Waals surface area contributed by atoms with E-state index in [9.17, 15) is 26.4 Å². The molecule has 0 atom stereocenters. The van der Waals surface area contributed by atoms with Crippen LogP contribution in [0.3, 0.4) is 0 Å². The van der Waals surface area contributed by atoms with Gasteiger partial charge in [-0.15, -0.1) is 0 Å². The Bertz CT molecular complexity index is 599. The first-order valence-electron chi connectivity index (χ1n) is 5.47. The molecule has 0 saturated heterocycles. The van der Waals surface area contributed by atoms with Gasteiger partial charge in [-0.2, -0.15) is 17.5 Å². The van der Waals surface area contributed by atoms with Crippen LogP contribution in [0, 0.1) is 0 Å². The second kappa shape index (κ2) is 4.64. The summed E-state index contributed by atoms with van der Waals surface area (Å²) in [5.74, 6) is 0. The molecule has 1 fully saturated rings. The molecule has 1 heterocycles. The van der Waals surface area contributed by atoms with E-state index in [2.05, 4.69) is 4.98 Å². The second-order valence-electron chi connectivity index (χ2n) is 4.29. The van der Waals surface area contributed by atoms with Crippen molar-refractivity contribution >= 4 is 10.0 Å². The number of alkyl halides is 3. The van der Waals surface area contributed by atoms with Crippen LogP contribution >= 0.6 is 0 Å². The maximum Gasteiger partial charge on any atom is 0.402 e. The first-order valence-corrected chi connectivity index (χ1v) is 6.91. The smallest absolute Gasteiger partial charge is 0.328 e. The Labute approximate surface area is 107 Å². The van der Waals surface area contributed by atoms with Crippen LogP contribution in [-0.4, -0.2) is 36.5 Å². The number of aromatic nitrogens is 1. The molecule has 9 heteroatoms. The van der Waals surface area contributed by atoms with E-state index in [-0.39, 0.29) is 4.90 Å². The minimum atomic E-state index is -4.60. The normalized spacial score (nSPS) is 16.8. The van der Waals surface area contributed by atoms with Gasteiger partial charge in [-0.05, 0) is 18.9 Å². The van der Waals surface area contributed by atoms with Crippen LogP contribution in [0.25, 0.3) is 0 Å². The molecule has 1 N–H and O–H groups in total. The molecule has 1 aromatic rings. The molecule has 0 unspecified atom stereocenters. The van der Waals surface area contributed by atoms with E-state index in [1.54, 1.807) is 0 Å². The number of pyridine rings is 1. The number of halogens is 3. The van der Waals surface area contributed by atoms with Gasteiger partial charge < -0.3 is 4.98 Å². The van der Waals surface area contributed by atoms with Gasteiger partial charge in [0.2, 0.25) is 15.6 Å². The zero-order valence-electron chi connectivity index (χ0n) is 9.64. The summed E-state index contributed by atoms with van der Waals surface area (Å²) in [5, 5.41) is 0. The molecule has 0 amide bonds. The molecule has 1 aliphatic carbocycles. The molecule has 0 aliphatic heterocycles. The lowest BCUT2D eigenvalue weighted by Gasteiger charge is -2.22. The Morgan fingerprint density at radius 1 is 1.32 bits per heavy atom. The molecule has 106 valence electrons. The maximum atomic E-state index is 12.4. The quantitative estimate of drug-likeness (QED) is 0.904. The first-order chi connectivity index (χ1) is 8.70. The fourth-order valence-corrected chi connectivity index (χ4v) is 3.28. The van der Waals surface area contributed by atoms with E-state index in [0.717, 1.165) is 18.3 Å². The average Bonchev–Trinajstić information content (AvgIpc) is 3.09. The standard InChI is InChI=1S/C10H11F3N2O3S/c11-10(12,13)6-15(7-1-2-7)19(17,18)8-3-4-9(16)14-5-8/h3-5,7H,1-2,6H2,(H,14,16). The number of rotatable bonds is 4. The van der Waals surface area contributed by atoms with Crippen molar-refractivity contribution in [2.24, 2.45) is 0 Å². The van der Waals surface area contributed by atoms with Crippen LogP contribution in [0.2, 0.25) is 0 Å². The number of sulfonamides is 1. The van der Waals surface area contributed by atoms with Crippen molar-refractivity contribution in [3.63, 3.8) is 0 Å². The summed E-state index contributed by atoms with van der Waals surface area (Å²) in [6, 6.07) is 1.35. The van der Waals surface area contributed by atoms with E-state index < -0.39 is 34.3 Å². The number of hydrogen-bond acceptors (Lipinski definition) is 3. The molecule has 1 aliphatic rings. The van der Waals surface area contributed by atoms with Gasteiger partial charge in [0.05, 0.1) is 4.90 Å². The molecule has 1 saturated carbocycles. The highest BCUT2D eigenvalue weighted by Crippen LogP contribution is 2.34. The van der Waals surface area contributed by atoms with Crippen molar-refractivity contribution in [3.8, 4) is 0 Å². The Morgan fingerprint density at radius 3 is 2.37 bits per heavy atom. The molecule has 0 aromatic carbocycles. The van der Waals surface area contributed by atoms with Crippen LogP contribution in [0.4, 0.5) is 13.2 Å². The summed E-state index contributed by atoms with van der Waals surface area (Å²) in [7, 11) is -4.24. The molecular weight excluding hydrogens is 285 g/mol. The van der Waals surface area contributed by atoms with E-state index in [4.69, 9.17) is 0 Å². The molecular formula is C10H11F3N2O3S. The van der Waals surface area contributed by atoms with Gasteiger partial charge in [0.25, 0.3) is 0 Å². The summed E-state index contributed by atoms with van der Waals surface area (Å²) < 4.78 is 62.0. The van der Waals surface area contributed by atoms with E-state index in [0.29, 0.717) is 17.1 Å². The molecule has 0 spiro atoms. The minimum Gasteiger partial charge on any atom is -0.328 e. The van der Waals surface area contributed by atoms with Gasteiger partial charge in [0, 0.05) is 18.3 Å². The fourth-order valence-electron chi connectivity index (χ4n) is 1.64. The molecule has 5 nitrogen and oxygen atoms in total. The zero-order valence-corrected chi connectivity index (χ0v) is 10.5. The fraction of sp³-hybridized carbons (Fsp3) is 0.500. The van der Waals surface area contributed by atoms with Gasteiger partial charge >= 0.3 is 6.18 Å². The van der Waals surface area contributed by atoms with Crippen molar-refractivity contribution in [1.82, 2.24) is 9.29 Å². The lowest BCUT2D eigenvalue weighted by Crippen LogP contribution is -2.40. The molecule has 19 heavy (non-hydrogen) atoms. The lowest BCUT2D eigenvalue weighted by molar-refractivity contribution is -0.137. The summed E-state index contributed by atoms with van der Waals surface area (Å²) in [6.07, 6.45) is -2.86. The van der Waals surface area contributed by atoms with Gasteiger partial charge in [0.1, 0.15) is 6.54 Å². The highest BCUT2D eigenvalue weighted by atomic mass is 32.2. The summed E-state index contributed by atoms with van der Waals surface area (Å²) in [4.78, 5) is 12.6. The number of H-pyrrole nitrogens is 1. The zero-order chi connectivity index (χ0) is 14.3. The molecule has 0 bridgehead atoms. The lowest BCUT2D eigenvalue weighted by atomic mass is 10.5. The summed E-state index contributed by atoms with van der Waals surface area (Å²) in [6.45, 7) is -1.51. The predicted octanol–water partition coefficient (Wildman–Crippen LogP) is 1.09. The molecule has 0 radical (unpaired) electrons. The van der Waals surface area contributed by atoms with Gasteiger partial charge in [-0.1, -0.05) is 0 Å². The largest absolute Gasteiger partial charge is 0.402 e. The van der Waals surface area contributed by atoms with Crippen molar-refractivity contribution in [3.05, 3.63) is 28.7 Å². The van der Waals surface area contributed by atoms with Crippen molar-refractivity contribution < 1.29 is 21.6 Å². The van der Waals surface area contributed by atoms with Gasteiger partial charge in [-0.25, -0.2) is 8.42 Å². The molecule has 1 aromatic heterocycles. The minimum absolute atomic E-state index is 0.344. The number of nitrogens with zero attached hydrogens (tertiary/aromatic N) is 1. The number of nitrogens with one attached hydrogen (secondary N) is 1. The maximum absolute atomic E-state index is 12.4. The SMILES string of the molecule is O=c1ccc(S(=O)(=O)N(CC(F)(F)F)C2CC2)c[nH]1. The van der Waals surface area contributed by atoms with E-state index in [1.165, 1.54) is 0 Å². The third-order valence-corrected chi connectivity index (χ3v) is 4.55. The van der Waals surface area contributed by atoms with E-state index >= 15 is 0 Å². The monoisotopic (exact) mass is 296 g/mol. The van der Waals surface area contributed by atoms with E-state index in [1.807, 2.05) is 0 Å². The Balaban J connectivity index is 2.34. The number of hydrogen-bond donors (Lipinski definition) is 1. The van der Waals surface area contributed by atoms with Crippen molar-refractivity contribution in [1.29, 1.82) is 0 Å². The van der Waals surface area contributed by atoms with Gasteiger partial charge in [-0.3, -0.25) is 4.79 Å². The predicted molar refractivity (Wildman–Crippen MR) is 60.0 cm³/mol. The Kier molecular flexibility index (Phi) is 3.43. The highest BCUT2D eigenvalue weighted by Gasteiger charge is 2.44. The third-order valence-electron chi connectivity index (χ3n) is 2.65. The van der Waals surface area contributed by atoms with Crippen LogP contribution in [0.1, 0.15) is 12.8 Å². The third kappa shape index (κ3) is 3.35. The molecule has 2 rings (SSSR count). The topological polar surface area (TPSA) is 70.2 Å². The second-order valence-corrected chi connectivity index (χ2v) is 6.18. The first kappa shape index (κ1) is 14.1. The highest BCUT2D eigenvalue weighted by molar-refractivity contribution is 7.89. The van der Waals surface area contributed by atoms with Crippen LogP contribution < -0.4 is 5.56 Å². The Hall–Kier alpha value is -1.35. The van der Waals surface area contributed by atoms with Crippen LogP contribution in [0.15, 0.2) is 28.0 Å². The Morgan fingerprint density at radius 2 is 1.95 bits per heavy atom. The summed E-state index contributed by atoms with van der Waals surface area (Å²) >= 11 is 0. The van der Waals surface area contributed by atoms with Crippen molar-refractivity contribution in [2.75, 3.05) is 6.54 Å². The van der Waals surface area contributed by atoms with Crippen molar-refractivity contribution in [2.45, 2.75) is 30.0 Å².